The standard InChI is InChI=1S/C26H34N2O2S/c1-19(2)25(29)28-16-9-5-3-4-8-15-27(18-21-11-6-7-13-22(21)28)26(30)24-17-20-12-10-14-23(20)31-24/h6-7,11,13,17,19H,3-5,8-10,12,14-16,18H2,1-2H3. The van der Waals surface area contributed by atoms with Crippen LogP contribution in [0.4, 0.5) is 5.69 Å². The van der Waals surface area contributed by atoms with E-state index in [9.17, 15) is 9.59 Å². The van der Waals surface area contributed by atoms with Gasteiger partial charge in [0.05, 0.1) is 4.88 Å². The van der Waals surface area contributed by atoms with E-state index >= 15 is 0 Å². The zero-order valence-electron chi connectivity index (χ0n) is 18.9. The Balaban J connectivity index is 1.65. The van der Waals surface area contributed by atoms with Crippen molar-refractivity contribution in [3.63, 3.8) is 0 Å². The largest absolute Gasteiger partial charge is 0.334 e. The van der Waals surface area contributed by atoms with Crippen LogP contribution in [0.15, 0.2) is 30.3 Å². The maximum atomic E-state index is 13.5. The summed E-state index contributed by atoms with van der Waals surface area (Å²) in [6.45, 7) is 6.01. The predicted molar refractivity (Wildman–Crippen MR) is 128 cm³/mol. The Morgan fingerprint density at radius 2 is 1.65 bits per heavy atom. The summed E-state index contributed by atoms with van der Waals surface area (Å²) in [6, 6.07) is 10.3. The van der Waals surface area contributed by atoms with E-state index in [2.05, 4.69) is 12.1 Å². The van der Waals surface area contributed by atoms with Gasteiger partial charge >= 0.3 is 0 Å². The minimum Gasteiger partial charge on any atom is -0.334 e. The number of rotatable bonds is 2. The number of nitrogens with zero attached hydrogens (tertiary/aromatic N) is 2. The number of anilines is 1. The molecule has 2 aromatic rings. The van der Waals surface area contributed by atoms with Gasteiger partial charge in [0.1, 0.15) is 0 Å². The Hall–Kier alpha value is -2.14. The molecule has 5 heteroatoms. The molecule has 4 nitrogen and oxygen atoms in total. The lowest BCUT2D eigenvalue weighted by molar-refractivity contribution is -0.121. The molecule has 166 valence electrons. The molecule has 0 fully saturated rings. The van der Waals surface area contributed by atoms with E-state index in [0.717, 1.165) is 74.2 Å². The number of amides is 2. The molecule has 1 aliphatic heterocycles. The molecular weight excluding hydrogens is 404 g/mol. The quantitative estimate of drug-likeness (QED) is 0.592. The number of fused-ring (bicyclic) bond motifs is 2. The van der Waals surface area contributed by atoms with E-state index < -0.39 is 0 Å². The number of thiophene rings is 1. The van der Waals surface area contributed by atoms with Gasteiger partial charge in [0, 0.05) is 36.1 Å². The van der Waals surface area contributed by atoms with Gasteiger partial charge in [0.2, 0.25) is 5.91 Å². The Morgan fingerprint density at radius 1 is 0.903 bits per heavy atom. The molecule has 0 N–H and O–H groups in total. The van der Waals surface area contributed by atoms with Gasteiger partial charge in [-0.2, -0.15) is 0 Å². The number of aryl methyl sites for hydroxylation is 2. The van der Waals surface area contributed by atoms with E-state index in [1.54, 1.807) is 11.3 Å². The van der Waals surface area contributed by atoms with Crippen LogP contribution in [0.1, 0.15) is 78.0 Å². The Labute approximate surface area is 190 Å². The van der Waals surface area contributed by atoms with E-state index in [1.807, 2.05) is 41.8 Å². The molecule has 1 aromatic carbocycles. The van der Waals surface area contributed by atoms with Gasteiger partial charge in [-0.25, -0.2) is 0 Å². The molecule has 2 heterocycles. The van der Waals surface area contributed by atoms with Gasteiger partial charge in [-0.3, -0.25) is 9.59 Å². The lowest BCUT2D eigenvalue weighted by Crippen LogP contribution is -2.37. The average molecular weight is 439 g/mol. The normalized spacial score (nSPS) is 17.6. The molecule has 0 atom stereocenters. The van der Waals surface area contributed by atoms with Gasteiger partial charge in [-0.05, 0) is 55.4 Å². The van der Waals surface area contributed by atoms with Crippen molar-refractivity contribution in [2.45, 2.75) is 71.8 Å². The van der Waals surface area contributed by atoms with Crippen LogP contribution >= 0.6 is 11.3 Å². The topological polar surface area (TPSA) is 40.6 Å². The smallest absolute Gasteiger partial charge is 0.264 e. The van der Waals surface area contributed by atoms with Gasteiger partial charge in [-0.1, -0.05) is 51.3 Å². The maximum absolute atomic E-state index is 13.5. The van der Waals surface area contributed by atoms with E-state index in [-0.39, 0.29) is 17.7 Å². The summed E-state index contributed by atoms with van der Waals surface area (Å²) in [4.78, 5) is 32.8. The molecule has 0 saturated heterocycles. The molecule has 0 unspecified atom stereocenters. The lowest BCUT2D eigenvalue weighted by Gasteiger charge is -2.30. The number of para-hydroxylation sites is 1. The molecule has 0 radical (unpaired) electrons. The van der Waals surface area contributed by atoms with Crippen LogP contribution in [0.25, 0.3) is 0 Å². The molecule has 1 aliphatic carbocycles. The fraction of sp³-hybridized carbons (Fsp3) is 0.538. The SMILES string of the molecule is CC(C)C(=O)N1CCCCCCCN(C(=O)c2cc3c(s2)CCC3)Cc2ccccc21. The fourth-order valence-electron chi connectivity index (χ4n) is 4.72. The van der Waals surface area contributed by atoms with Crippen LogP contribution in [0, 0.1) is 5.92 Å². The third kappa shape index (κ3) is 5.03. The summed E-state index contributed by atoms with van der Waals surface area (Å²) in [6.07, 6.45) is 8.90. The second-order valence-electron chi connectivity index (χ2n) is 9.18. The minimum absolute atomic E-state index is 0.0489. The van der Waals surface area contributed by atoms with Gasteiger partial charge < -0.3 is 9.80 Å². The van der Waals surface area contributed by atoms with Gasteiger partial charge in [0.25, 0.3) is 5.91 Å². The second kappa shape index (κ2) is 9.99. The summed E-state index contributed by atoms with van der Waals surface area (Å²) >= 11 is 1.69. The summed E-state index contributed by atoms with van der Waals surface area (Å²) in [7, 11) is 0. The van der Waals surface area contributed by atoms with Crippen LogP contribution in [-0.2, 0) is 24.2 Å². The third-order valence-electron chi connectivity index (χ3n) is 6.46. The van der Waals surface area contributed by atoms with E-state index in [4.69, 9.17) is 0 Å². The van der Waals surface area contributed by atoms with Crippen LogP contribution < -0.4 is 4.90 Å². The highest BCUT2D eigenvalue weighted by Gasteiger charge is 2.26. The van der Waals surface area contributed by atoms with Crippen LogP contribution in [0.2, 0.25) is 0 Å². The fourth-order valence-corrected chi connectivity index (χ4v) is 5.94. The van der Waals surface area contributed by atoms with E-state index in [1.165, 1.54) is 16.9 Å². The molecule has 0 bridgehead atoms. The first-order valence-corrected chi connectivity index (χ1v) is 12.7. The summed E-state index contributed by atoms with van der Waals surface area (Å²) in [5.74, 6) is 0.261. The summed E-state index contributed by atoms with van der Waals surface area (Å²) in [5.41, 5.74) is 3.40. The van der Waals surface area contributed by atoms with Crippen LogP contribution in [0.5, 0.6) is 0 Å². The zero-order valence-corrected chi connectivity index (χ0v) is 19.7. The average Bonchev–Trinajstić information content (AvgIpc) is 3.36. The molecule has 0 saturated carbocycles. The van der Waals surface area contributed by atoms with Crippen molar-refractivity contribution >= 4 is 28.8 Å². The number of hydrogen-bond donors (Lipinski definition) is 0. The van der Waals surface area contributed by atoms with Crippen molar-refractivity contribution in [1.82, 2.24) is 4.90 Å². The number of carbonyl (C=O) groups excluding carboxylic acids is 2. The van der Waals surface area contributed by atoms with E-state index in [0.29, 0.717) is 6.54 Å². The van der Waals surface area contributed by atoms with Crippen molar-refractivity contribution < 1.29 is 9.59 Å². The van der Waals surface area contributed by atoms with Crippen molar-refractivity contribution in [3.05, 3.63) is 51.2 Å². The molecule has 1 aromatic heterocycles. The maximum Gasteiger partial charge on any atom is 0.264 e. The molecule has 2 aliphatic rings. The Bertz CT molecular complexity index is 912. The zero-order chi connectivity index (χ0) is 21.8. The predicted octanol–water partition coefficient (Wildman–Crippen LogP) is 5.83. The molecular formula is C26H34N2O2S. The second-order valence-corrected chi connectivity index (χ2v) is 10.3. The Kier molecular flexibility index (Phi) is 7.11. The van der Waals surface area contributed by atoms with Crippen molar-refractivity contribution in [3.8, 4) is 0 Å². The summed E-state index contributed by atoms with van der Waals surface area (Å²) in [5, 5.41) is 0. The Morgan fingerprint density at radius 3 is 2.42 bits per heavy atom. The van der Waals surface area contributed by atoms with Gasteiger partial charge in [0.15, 0.2) is 0 Å². The van der Waals surface area contributed by atoms with Crippen molar-refractivity contribution in [2.24, 2.45) is 5.92 Å². The number of benzene rings is 1. The third-order valence-corrected chi connectivity index (χ3v) is 7.68. The van der Waals surface area contributed by atoms with Gasteiger partial charge in [-0.15, -0.1) is 11.3 Å². The van der Waals surface area contributed by atoms with Crippen LogP contribution in [0.3, 0.4) is 0 Å². The number of carbonyl (C=O) groups is 2. The first kappa shape index (κ1) is 22.1. The minimum atomic E-state index is -0.0489. The van der Waals surface area contributed by atoms with Crippen molar-refractivity contribution in [2.75, 3.05) is 18.0 Å². The number of hydrogen-bond acceptors (Lipinski definition) is 3. The molecule has 0 spiro atoms. The first-order chi connectivity index (χ1) is 15.0. The molecule has 31 heavy (non-hydrogen) atoms. The summed E-state index contributed by atoms with van der Waals surface area (Å²) < 4.78 is 0. The highest BCUT2D eigenvalue weighted by Crippen LogP contribution is 2.32. The molecule has 2 amide bonds. The highest BCUT2D eigenvalue weighted by atomic mass is 32.1. The van der Waals surface area contributed by atoms with Crippen LogP contribution in [-0.4, -0.2) is 29.8 Å². The molecule has 4 rings (SSSR count). The monoisotopic (exact) mass is 438 g/mol. The lowest BCUT2D eigenvalue weighted by atomic mass is 10.1. The first-order valence-electron chi connectivity index (χ1n) is 11.8. The highest BCUT2D eigenvalue weighted by molar-refractivity contribution is 7.14. The van der Waals surface area contributed by atoms with Crippen molar-refractivity contribution in [1.29, 1.82) is 0 Å².